The maximum Gasteiger partial charge on any atom is 0.220 e. The topological polar surface area (TPSA) is 69.6 Å². The lowest BCUT2D eigenvalue weighted by atomic mass is 10.0. The van der Waals surface area contributed by atoms with Crippen LogP contribution in [-0.4, -0.2) is 34.9 Å². The van der Waals surface area contributed by atoms with Gasteiger partial charge in [-0.25, -0.2) is 0 Å². The van der Waals surface area contributed by atoms with Gasteiger partial charge in [-0.3, -0.25) is 4.79 Å². The van der Waals surface area contributed by atoms with E-state index in [0.717, 1.165) is 38.5 Å². The molecule has 0 heterocycles. The molecule has 0 fully saturated rings. The number of rotatable bonds is 60. The molecule has 2 atom stereocenters. The van der Waals surface area contributed by atoms with Gasteiger partial charge in [-0.1, -0.05) is 346 Å². The first-order valence-electron chi connectivity index (χ1n) is 32.2. The van der Waals surface area contributed by atoms with Crippen LogP contribution >= 0.6 is 0 Å². The van der Waals surface area contributed by atoms with Crippen molar-refractivity contribution < 1.29 is 15.0 Å². The molecule has 0 spiro atoms. The van der Waals surface area contributed by atoms with Crippen LogP contribution in [0.2, 0.25) is 0 Å². The molecule has 0 aliphatic carbocycles. The minimum atomic E-state index is -0.870. The van der Waals surface area contributed by atoms with Crippen LogP contribution in [0.3, 0.4) is 0 Å². The van der Waals surface area contributed by atoms with E-state index in [-0.39, 0.29) is 12.5 Å². The second-order valence-corrected chi connectivity index (χ2v) is 22.2. The minimum Gasteiger partial charge on any atom is -0.394 e. The van der Waals surface area contributed by atoms with Crippen LogP contribution in [0, 0.1) is 0 Å². The molecule has 0 aliphatic rings. The summed E-state index contributed by atoms with van der Waals surface area (Å²) in [6, 6.07) is -0.645. The van der Waals surface area contributed by atoms with Crippen LogP contribution < -0.4 is 5.32 Å². The summed E-state index contributed by atoms with van der Waals surface area (Å²) in [6.07, 6.45) is 85.0. The molecule has 0 aliphatic heterocycles. The number of allylic oxidation sites excluding steroid dienone is 5. The Morgan fingerprint density at radius 3 is 0.829 bits per heavy atom. The van der Waals surface area contributed by atoms with Crippen molar-refractivity contribution in [3.8, 4) is 0 Å². The molecule has 0 bridgehead atoms. The molecule has 0 radical (unpaired) electrons. The molecule has 70 heavy (non-hydrogen) atoms. The van der Waals surface area contributed by atoms with E-state index in [1.165, 1.54) is 302 Å². The van der Waals surface area contributed by atoms with Gasteiger partial charge in [-0.2, -0.15) is 0 Å². The van der Waals surface area contributed by atoms with Crippen LogP contribution in [0.25, 0.3) is 0 Å². The third-order valence-corrected chi connectivity index (χ3v) is 15.1. The number of aliphatic hydroxyl groups is 2. The molecule has 2 unspecified atom stereocenters. The fourth-order valence-corrected chi connectivity index (χ4v) is 10.2. The fraction of sp³-hybridized carbons (Fsp3) is 0.894. The number of nitrogens with one attached hydrogen (secondary N) is 1. The second kappa shape index (κ2) is 61.9. The molecule has 0 aromatic carbocycles. The molecule has 0 rings (SSSR count). The van der Waals surface area contributed by atoms with Crippen LogP contribution in [0.15, 0.2) is 36.5 Å². The van der Waals surface area contributed by atoms with Gasteiger partial charge in [0.2, 0.25) is 5.91 Å². The van der Waals surface area contributed by atoms with Crippen LogP contribution in [0.1, 0.15) is 361 Å². The number of carbonyl (C=O) groups is 1. The summed E-state index contributed by atoms with van der Waals surface area (Å²) in [7, 11) is 0. The summed E-state index contributed by atoms with van der Waals surface area (Å²) in [5.74, 6) is -0.0704. The Labute approximate surface area is 440 Å². The molecule has 0 saturated carbocycles. The van der Waals surface area contributed by atoms with Crippen molar-refractivity contribution in [2.45, 2.75) is 373 Å². The van der Waals surface area contributed by atoms with Crippen LogP contribution in [0.5, 0.6) is 0 Å². The molecule has 3 N–H and O–H groups in total. The molecule has 0 saturated heterocycles. The Morgan fingerprint density at radius 1 is 0.329 bits per heavy atom. The van der Waals surface area contributed by atoms with Gasteiger partial charge in [-0.05, 0) is 44.9 Å². The molecular formula is C66H127NO3. The molecule has 0 aromatic rings. The average molecular weight is 983 g/mol. The fourth-order valence-electron chi connectivity index (χ4n) is 10.2. The lowest BCUT2D eigenvalue weighted by molar-refractivity contribution is -0.123. The first kappa shape index (κ1) is 68.6. The summed E-state index contributed by atoms with van der Waals surface area (Å²) in [6.45, 7) is 4.34. The first-order valence-corrected chi connectivity index (χ1v) is 32.2. The normalized spacial score (nSPS) is 12.9. The molecule has 414 valence electrons. The van der Waals surface area contributed by atoms with Gasteiger partial charge in [0.15, 0.2) is 0 Å². The molecular weight excluding hydrogens is 855 g/mol. The van der Waals surface area contributed by atoms with Gasteiger partial charge in [0.1, 0.15) is 0 Å². The predicted octanol–water partition coefficient (Wildman–Crippen LogP) is 21.6. The van der Waals surface area contributed by atoms with Gasteiger partial charge < -0.3 is 15.5 Å². The number of amides is 1. The number of hydrogen-bond acceptors (Lipinski definition) is 3. The zero-order valence-electron chi connectivity index (χ0n) is 47.8. The Kier molecular flexibility index (Phi) is 60.7. The van der Waals surface area contributed by atoms with Crippen molar-refractivity contribution in [2.24, 2.45) is 0 Å². The van der Waals surface area contributed by atoms with E-state index in [1.54, 1.807) is 6.08 Å². The van der Waals surface area contributed by atoms with Gasteiger partial charge in [-0.15, -0.1) is 0 Å². The molecule has 0 aromatic heterocycles. The highest BCUT2D eigenvalue weighted by molar-refractivity contribution is 5.76. The van der Waals surface area contributed by atoms with Crippen LogP contribution in [0.4, 0.5) is 0 Å². The molecule has 4 heteroatoms. The van der Waals surface area contributed by atoms with Gasteiger partial charge in [0.05, 0.1) is 18.8 Å². The zero-order chi connectivity index (χ0) is 50.6. The summed E-state index contributed by atoms with van der Waals surface area (Å²) in [4.78, 5) is 12.5. The lowest BCUT2D eigenvalue weighted by Gasteiger charge is -2.19. The monoisotopic (exact) mass is 982 g/mol. The minimum absolute atomic E-state index is 0.0704. The highest BCUT2D eigenvalue weighted by atomic mass is 16.3. The zero-order valence-corrected chi connectivity index (χ0v) is 47.8. The van der Waals surface area contributed by atoms with E-state index in [4.69, 9.17) is 0 Å². The Hall–Kier alpha value is -1.39. The number of hydrogen-bond donors (Lipinski definition) is 3. The molecule has 1 amide bonds. The highest BCUT2D eigenvalue weighted by Crippen LogP contribution is 2.18. The third-order valence-electron chi connectivity index (χ3n) is 15.1. The van der Waals surface area contributed by atoms with Crippen molar-refractivity contribution >= 4 is 5.91 Å². The van der Waals surface area contributed by atoms with E-state index in [2.05, 4.69) is 43.5 Å². The Morgan fingerprint density at radius 2 is 0.557 bits per heavy atom. The second-order valence-electron chi connectivity index (χ2n) is 22.2. The smallest absolute Gasteiger partial charge is 0.220 e. The maximum atomic E-state index is 12.5. The van der Waals surface area contributed by atoms with Gasteiger partial charge >= 0.3 is 0 Å². The summed E-state index contributed by atoms with van der Waals surface area (Å²) in [5, 5.41) is 23.2. The van der Waals surface area contributed by atoms with Crippen molar-refractivity contribution in [3.63, 3.8) is 0 Å². The average Bonchev–Trinajstić information content (AvgIpc) is 3.36. The summed E-state index contributed by atoms with van der Waals surface area (Å²) >= 11 is 0. The van der Waals surface area contributed by atoms with E-state index in [1.807, 2.05) is 6.08 Å². The van der Waals surface area contributed by atoms with E-state index in [0.29, 0.717) is 6.42 Å². The third kappa shape index (κ3) is 57.5. The lowest BCUT2D eigenvalue weighted by Crippen LogP contribution is -2.45. The van der Waals surface area contributed by atoms with Crippen molar-refractivity contribution in [1.82, 2.24) is 5.32 Å². The predicted molar refractivity (Wildman–Crippen MR) is 313 cm³/mol. The van der Waals surface area contributed by atoms with Crippen LogP contribution in [-0.2, 0) is 4.79 Å². The quantitative estimate of drug-likeness (QED) is 0.0420. The SMILES string of the molecule is CCCCCCCCCCCCCCCCCCCCCCC/C=C/CC/C=C/CC/C=C/C(O)C(CO)NC(=O)CCCCCCCCCCCCCCCCCCCCCCCCCCCCC. The number of aliphatic hydroxyl groups excluding tert-OH is 2. The summed E-state index contributed by atoms with van der Waals surface area (Å²) < 4.78 is 0. The summed E-state index contributed by atoms with van der Waals surface area (Å²) in [5.41, 5.74) is 0. The molecule has 4 nitrogen and oxygen atoms in total. The Balaban J connectivity index is 3.49. The largest absolute Gasteiger partial charge is 0.394 e. The number of unbranched alkanes of at least 4 members (excludes halogenated alkanes) is 49. The van der Waals surface area contributed by atoms with Gasteiger partial charge in [0.25, 0.3) is 0 Å². The van der Waals surface area contributed by atoms with Crippen molar-refractivity contribution in [2.75, 3.05) is 6.61 Å². The van der Waals surface area contributed by atoms with E-state index < -0.39 is 12.1 Å². The standard InChI is InChI=1S/C66H127NO3/c1-3-5-7-9-11-13-15-17-19-21-23-25-27-29-31-32-33-34-36-37-39-41-43-45-47-49-51-53-55-57-59-61-65(69)64(63-68)67-66(70)62-60-58-56-54-52-50-48-46-44-42-40-38-35-30-28-26-24-22-20-18-16-14-12-10-8-6-4-2/h43,45,51,53,59,61,64-65,68-69H,3-42,44,46-50,52,54-58,60,62-63H2,1-2H3,(H,67,70)/b45-43+,53-51+,61-59+. The van der Waals surface area contributed by atoms with Crippen molar-refractivity contribution in [3.05, 3.63) is 36.5 Å². The van der Waals surface area contributed by atoms with Gasteiger partial charge in [0, 0.05) is 6.42 Å². The van der Waals surface area contributed by atoms with E-state index in [9.17, 15) is 15.0 Å². The maximum absolute atomic E-state index is 12.5. The van der Waals surface area contributed by atoms with E-state index >= 15 is 0 Å². The first-order chi connectivity index (χ1) is 34.7. The highest BCUT2D eigenvalue weighted by Gasteiger charge is 2.18. The Bertz CT molecular complexity index is 1070. The number of carbonyl (C=O) groups excluding carboxylic acids is 1. The van der Waals surface area contributed by atoms with Crippen molar-refractivity contribution in [1.29, 1.82) is 0 Å².